The summed E-state index contributed by atoms with van der Waals surface area (Å²) in [5.41, 5.74) is 3.70. The van der Waals surface area contributed by atoms with E-state index >= 15 is 0 Å². The van der Waals surface area contributed by atoms with E-state index in [2.05, 4.69) is 10.6 Å². The number of benzene rings is 3. The van der Waals surface area contributed by atoms with Gasteiger partial charge in [0, 0.05) is 6.04 Å². The molecule has 3 rings (SSSR count). The monoisotopic (exact) mass is 507 g/mol. The molecule has 0 aliphatic carbocycles. The topological polar surface area (TPSA) is 95.6 Å². The Morgan fingerprint density at radius 1 is 0.889 bits per heavy atom. The van der Waals surface area contributed by atoms with Crippen LogP contribution in [0.5, 0.6) is 0 Å². The van der Waals surface area contributed by atoms with E-state index in [0.29, 0.717) is 16.9 Å². The number of hydrogen-bond acceptors (Lipinski definition) is 4. The second-order valence-corrected chi connectivity index (χ2v) is 10.9. The summed E-state index contributed by atoms with van der Waals surface area (Å²) in [6.45, 7) is 9.03. The molecule has 7 nitrogen and oxygen atoms in total. The summed E-state index contributed by atoms with van der Waals surface area (Å²) < 4.78 is 28.4. The van der Waals surface area contributed by atoms with Crippen LogP contribution >= 0.6 is 0 Å². The molecule has 3 aromatic carbocycles. The summed E-state index contributed by atoms with van der Waals surface area (Å²) in [4.78, 5) is 26.0. The highest BCUT2D eigenvalue weighted by molar-refractivity contribution is 7.92. The smallest absolute Gasteiger partial charge is 0.264 e. The summed E-state index contributed by atoms with van der Waals surface area (Å²) >= 11 is 0. The molecule has 0 saturated carbocycles. The van der Waals surface area contributed by atoms with Crippen LogP contribution in [-0.2, 0) is 14.8 Å². The van der Waals surface area contributed by atoms with Gasteiger partial charge in [0.05, 0.1) is 21.8 Å². The predicted octanol–water partition coefficient (Wildman–Crippen LogP) is 4.97. The molecule has 0 saturated heterocycles. The number of carbonyl (C=O) groups excluding carboxylic acids is 2. The van der Waals surface area contributed by atoms with E-state index in [4.69, 9.17) is 0 Å². The van der Waals surface area contributed by atoms with E-state index in [9.17, 15) is 18.0 Å². The summed E-state index contributed by atoms with van der Waals surface area (Å²) in [7, 11) is -4.04. The van der Waals surface area contributed by atoms with Crippen molar-refractivity contribution in [3.63, 3.8) is 0 Å². The van der Waals surface area contributed by atoms with Gasteiger partial charge in [0.2, 0.25) is 5.91 Å². The summed E-state index contributed by atoms with van der Waals surface area (Å²) in [6, 6.07) is 18.6. The lowest BCUT2D eigenvalue weighted by Gasteiger charge is -2.25. The van der Waals surface area contributed by atoms with E-state index < -0.39 is 22.5 Å². The molecule has 0 spiro atoms. The number of para-hydroxylation sites is 1. The third kappa shape index (κ3) is 6.51. The van der Waals surface area contributed by atoms with Crippen molar-refractivity contribution in [2.45, 2.75) is 52.0 Å². The van der Waals surface area contributed by atoms with Crippen LogP contribution in [0.25, 0.3) is 0 Å². The molecule has 190 valence electrons. The minimum atomic E-state index is -4.04. The Morgan fingerprint density at radius 3 is 2.11 bits per heavy atom. The predicted molar refractivity (Wildman–Crippen MR) is 144 cm³/mol. The summed E-state index contributed by atoms with van der Waals surface area (Å²) in [6.07, 6.45) is 0.766. The second kappa shape index (κ2) is 11.4. The average Bonchev–Trinajstić information content (AvgIpc) is 2.82. The Hall–Kier alpha value is -3.65. The van der Waals surface area contributed by atoms with Gasteiger partial charge >= 0.3 is 0 Å². The van der Waals surface area contributed by atoms with Crippen LogP contribution in [0.3, 0.4) is 0 Å². The zero-order valence-corrected chi connectivity index (χ0v) is 22.1. The van der Waals surface area contributed by atoms with E-state index in [1.165, 1.54) is 12.1 Å². The first-order valence-electron chi connectivity index (χ1n) is 11.9. The van der Waals surface area contributed by atoms with Crippen molar-refractivity contribution in [2.75, 3.05) is 16.2 Å². The molecule has 8 heteroatoms. The molecule has 2 N–H and O–H groups in total. The lowest BCUT2D eigenvalue weighted by atomic mass is 10.1. The van der Waals surface area contributed by atoms with Crippen molar-refractivity contribution in [2.24, 2.45) is 0 Å². The number of sulfonamides is 1. The van der Waals surface area contributed by atoms with Gasteiger partial charge in [-0.2, -0.15) is 0 Å². The normalized spacial score (nSPS) is 12.0. The van der Waals surface area contributed by atoms with Crippen molar-refractivity contribution < 1.29 is 18.0 Å². The molecule has 36 heavy (non-hydrogen) atoms. The van der Waals surface area contributed by atoms with Crippen LogP contribution in [-0.4, -0.2) is 32.8 Å². The van der Waals surface area contributed by atoms with Gasteiger partial charge < -0.3 is 10.6 Å². The Morgan fingerprint density at radius 2 is 1.50 bits per heavy atom. The zero-order chi connectivity index (χ0) is 26.5. The molecule has 0 aliphatic rings. The minimum absolute atomic E-state index is 0.0269. The number of aryl methyl sites for hydroxylation is 3. The Balaban J connectivity index is 1.95. The third-order valence-electron chi connectivity index (χ3n) is 5.83. The van der Waals surface area contributed by atoms with Gasteiger partial charge in [-0.25, -0.2) is 8.42 Å². The molecular formula is C28H33N3O4S. The van der Waals surface area contributed by atoms with Crippen molar-refractivity contribution in [3.05, 3.63) is 89.0 Å². The molecule has 0 radical (unpaired) electrons. The van der Waals surface area contributed by atoms with Gasteiger partial charge in [-0.15, -0.1) is 0 Å². The van der Waals surface area contributed by atoms with Gasteiger partial charge in [-0.05, 0) is 81.6 Å². The highest BCUT2D eigenvalue weighted by Gasteiger charge is 2.28. The molecule has 3 aromatic rings. The third-order valence-corrected chi connectivity index (χ3v) is 7.61. The quantitative estimate of drug-likeness (QED) is 0.427. The number of amides is 2. The van der Waals surface area contributed by atoms with Crippen LogP contribution in [0.4, 0.5) is 11.4 Å². The molecule has 2 amide bonds. The summed E-state index contributed by atoms with van der Waals surface area (Å²) in [5, 5.41) is 5.63. The Bertz CT molecular complexity index is 1330. The maximum Gasteiger partial charge on any atom is 0.264 e. The van der Waals surface area contributed by atoms with Gasteiger partial charge in [0.1, 0.15) is 6.54 Å². The highest BCUT2D eigenvalue weighted by atomic mass is 32.2. The number of anilines is 2. The molecule has 0 fully saturated rings. The van der Waals surface area contributed by atoms with Gasteiger partial charge in [-0.3, -0.25) is 13.9 Å². The Labute approximate surface area is 213 Å². The molecular weight excluding hydrogens is 474 g/mol. The fourth-order valence-electron chi connectivity index (χ4n) is 3.76. The maximum absolute atomic E-state index is 13.7. The first-order chi connectivity index (χ1) is 17.0. The molecule has 0 aliphatic heterocycles. The number of nitrogens with one attached hydrogen (secondary N) is 2. The van der Waals surface area contributed by atoms with Crippen molar-refractivity contribution in [1.29, 1.82) is 0 Å². The first-order valence-corrected chi connectivity index (χ1v) is 13.3. The molecule has 0 aromatic heterocycles. The fourth-order valence-corrected chi connectivity index (χ4v) is 5.17. The SMILES string of the molecule is CC[C@H](C)NC(=O)c1ccccc1NC(=O)CN(c1cc(C)cc(C)c1)S(=O)(=O)c1ccc(C)cc1. The van der Waals surface area contributed by atoms with E-state index in [0.717, 1.165) is 27.4 Å². The van der Waals surface area contributed by atoms with Crippen molar-refractivity contribution in [1.82, 2.24) is 5.32 Å². The van der Waals surface area contributed by atoms with Crippen LogP contribution in [0, 0.1) is 20.8 Å². The second-order valence-electron chi connectivity index (χ2n) is 9.05. The molecule has 0 unspecified atom stereocenters. The number of nitrogens with zero attached hydrogens (tertiary/aromatic N) is 1. The minimum Gasteiger partial charge on any atom is -0.350 e. The molecule has 0 bridgehead atoms. The van der Waals surface area contributed by atoms with Crippen molar-refractivity contribution >= 4 is 33.2 Å². The maximum atomic E-state index is 13.7. The van der Waals surface area contributed by atoms with Gasteiger partial charge in [0.25, 0.3) is 15.9 Å². The number of hydrogen-bond donors (Lipinski definition) is 2. The standard InChI is InChI=1S/C28H33N3O4S/c1-6-22(5)29-28(33)25-9-7-8-10-26(25)30-27(32)18-31(23-16-20(3)15-21(4)17-23)36(34,35)24-13-11-19(2)12-14-24/h7-17,22H,6,18H2,1-5H3,(H,29,33)(H,30,32)/t22-/m0/s1. The fraction of sp³-hybridized carbons (Fsp3) is 0.286. The largest absolute Gasteiger partial charge is 0.350 e. The van der Waals surface area contributed by atoms with Crippen LogP contribution in [0.1, 0.15) is 47.3 Å². The number of carbonyl (C=O) groups is 2. The van der Waals surface area contributed by atoms with Gasteiger partial charge in [0.15, 0.2) is 0 Å². The summed E-state index contributed by atoms with van der Waals surface area (Å²) in [5.74, 6) is -0.868. The first kappa shape index (κ1) is 26.9. The van der Waals surface area contributed by atoms with E-state index in [-0.39, 0.29) is 16.8 Å². The Kier molecular flexibility index (Phi) is 8.53. The van der Waals surface area contributed by atoms with Crippen LogP contribution in [0.2, 0.25) is 0 Å². The average molecular weight is 508 g/mol. The van der Waals surface area contributed by atoms with Gasteiger partial charge in [-0.1, -0.05) is 42.8 Å². The van der Waals surface area contributed by atoms with Crippen molar-refractivity contribution in [3.8, 4) is 0 Å². The lowest BCUT2D eigenvalue weighted by molar-refractivity contribution is -0.114. The molecule has 1 atom stereocenters. The van der Waals surface area contributed by atoms with Crippen LogP contribution < -0.4 is 14.9 Å². The van der Waals surface area contributed by atoms with E-state index in [1.807, 2.05) is 40.7 Å². The zero-order valence-electron chi connectivity index (χ0n) is 21.3. The molecule has 0 heterocycles. The highest BCUT2D eigenvalue weighted by Crippen LogP contribution is 2.26. The lowest BCUT2D eigenvalue weighted by Crippen LogP contribution is -2.38. The number of rotatable bonds is 9. The van der Waals surface area contributed by atoms with E-state index in [1.54, 1.807) is 48.5 Å². The van der Waals surface area contributed by atoms with Crippen LogP contribution in [0.15, 0.2) is 71.6 Å².